The first-order valence-electron chi connectivity index (χ1n) is 7.98. The number of thioether (sulfide) groups is 1. The van der Waals surface area contributed by atoms with Crippen molar-refractivity contribution < 1.29 is 9.53 Å². The highest BCUT2D eigenvalue weighted by molar-refractivity contribution is 7.99. The highest BCUT2D eigenvalue weighted by Crippen LogP contribution is 2.42. The lowest BCUT2D eigenvalue weighted by atomic mass is 10.1. The number of carbonyl (C=O) groups is 1. The number of halogens is 1. The molecule has 0 radical (unpaired) electrons. The molecular weight excluding hydrogens is 342 g/mol. The largest absolute Gasteiger partial charge is 0.489 e. The number of hydrogen-bond donors (Lipinski definition) is 0. The van der Waals surface area contributed by atoms with Gasteiger partial charge in [-0.15, -0.1) is 23.4 Å². The maximum atomic E-state index is 12.4. The maximum Gasteiger partial charge on any atom is 0.241 e. The Morgan fingerprint density at radius 3 is 2.71 bits per heavy atom. The second-order valence-corrected chi connectivity index (χ2v) is 7.53. The van der Waals surface area contributed by atoms with E-state index in [4.69, 9.17) is 16.3 Å². The van der Waals surface area contributed by atoms with Crippen LogP contribution in [0, 0.1) is 0 Å². The van der Waals surface area contributed by atoms with Crippen molar-refractivity contribution in [1.82, 2.24) is 4.90 Å². The number of nitrogens with zero attached hydrogens (tertiary/aromatic N) is 1. The quantitative estimate of drug-likeness (QED) is 0.736. The predicted octanol–water partition coefficient (Wildman–Crippen LogP) is 4.47. The molecule has 2 aromatic rings. The van der Waals surface area contributed by atoms with Crippen molar-refractivity contribution in [1.29, 1.82) is 0 Å². The van der Waals surface area contributed by atoms with Crippen LogP contribution in [0.2, 0.25) is 0 Å². The molecule has 5 heteroatoms. The van der Waals surface area contributed by atoms with E-state index < -0.39 is 5.38 Å². The Kier molecular flexibility index (Phi) is 5.69. The number of benzene rings is 2. The third-order valence-electron chi connectivity index (χ3n) is 3.94. The van der Waals surface area contributed by atoms with Gasteiger partial charge in [-0.2, -0.15) is 0 Å². The summed E-state index contributed by atoms with van der Waals surface area (Å²) in [6, 6.07) is 18.0. The predicted molar refractivity (Wildman–Crippen MR) is 99.4 cm³/mol. The molecule has 1 aliphatic heterocycles. The Morgan fingerprint density at radius 1 is 1.25 bits per heavy atom. The highest BCUT2D eigenvalue weighted by Gasteiger charge is 2.34. The molecule has 2 aromatic carbocycles. The van der Waals surface area contributed by atoms with Gasteiger partial charge in [0.05, 0.1) is 0 Å². The lowest BCUT2D eigenvalue weighted by molar-refractivity contribution is -0.130. The van der Waals surface area contributed by atoms with Gasteiger partial charge in [0.1, 0.15) is 23.1 Å². The van der Waals surface area contributed by atoms with E-state index in [1.807, 2.05) is 59.5 Å². The molecule has 2 atom stereocenters. The van der Waals surface area contributed by atoms with Crippen LogP contribution in [0.5, 0.6) is 5.75 Å². The highest BCUT2D eigenvalue weighted by atomic mass is 35.5. The molecule has 3 rings (SSSR count). The van der Waals surface area contributed by atoms with Crippen molar-refractivity contribution in [3.05, 3.63) is 65.7 Å². The Bertz CT molecular complexity index is 693. The summed E-state index contributed by atoms with van der Waals surface area (Å²) in [6.45, 7) is 2.95. The van der Waals surface area contributed by atoms with E-state index in [2.05, 4.69) is 0 Å². The summed E-state index contributed by atoms with van der Waals surface area (Å²) in [6.07, 6.45) is 0. The molecular formula is C19H20ClNO2S. The topological polar surface area (TPSA) is 29.5 Å². The zero-order valence-electron chi connectivity index (χ0n) is 13.5. The van der Waals surface area contributed by atoms with Crippen LogP contribution in [0.3, 0.4) is 0 Å². The summed E-state index contributed by atoms with van der Waals surface area (Å²) < 4.78 is 6.04. The van der Waals surface area contributed by atoms with Crippen molar-refractivity contribution in [2.75, 3.05) is 12.3 Å². The average molecular weight is 362 g/mol. The number of alkyl halides is 1. The summed E-state index contributed by atoms with van der Waals surface area (Å²) in [5.41, 5.74) is 2.15. The van der Waals surface area contributed by atoms with Gasteiger partial charge in [-0.05, 0) is 18.6 Å². The van der Waals surface area contributed by atoms with Crippen LogP contribution in [0.4, 0.5) is 0 Å². The van der Waals surface area contributed by atoms with E-state index in [9.17, 15) is 4.79 Å². The molecule has 0 saturated carbocycles. The summed E-state index contributed by atoms with van der Waals surface area (Å²) >= 11 is 7.76. The number of carbonyl (C=O) groups excluding carboxylic acids is 1. The van der Waals surface area contributed by atoms with Gasteiger partial charge in [0, 0.05) is 17.9 Å². The molecule has 2 unspecified atom stereocenters. The fraction of sp³-hybridized carbons (Fsp3) is 0.316. The van der Waals surface area contributed by atoms with Crippen molar-refractivity contribution in [2.45, 2.75) is 24.3 Å². The van der Waals surface area contributed by atoms with Crippen LogP contribution in [0.1, 0.15) is 23.4 Å². The second kappa shape index (κ2) is 7.95. The number of ether oxygens (including phenoxy) is 1. The fourth-order valence-electron chi connectivity index (χ4n) is 2.73. The van der Waals surface area contributed by atoms with Gasteiger partial charge in [-0.25, -0.2) is 0 Å². The summed E-state index contributed by atoms with van der Waals surface area (Å²) in [5.74, 6) is 1.71. The van der Waals surface area contributed by atoms with Crippen molar-refractivity contribution in [3.63, 3.8) is 0 Å². The van der Waals surface area contributed by atoms with Crippen LogP contribution >= 0.6 is 23.4 Å². The van der Waals surface area contributed by atoms with Crippen LogP contribution in [-0.4, -0.2) is 28.5 Å². The Labute approximate surface area is 151 Å². The van der Waals surface area contributed by atoms with Crippen molar-refractivity contribution in [2.24, 2.45) is 0 Å². The molecule has 1 fully saturated rings. The molecule has 0 bridgehead atoms. The normalized spacial score (nSPS) is 18.4. The molecule has 1 amide bonds. The molecule has 0 aliphatic carbocycles. The molecule has 0 aromatic heterocycles. The number of para-hydroxylation sites is 1. The third kappa shape index (κ3) is 3.87. The standard InChI is InChI=1S/C19H20ClNO2S/c1-14(20)18(22)21-11-12-24-19(21)16-9-5-6-10-17(16)23-13-15-7-3-2-4-8-15/h2-10,14,19H,11-13H2,1H3. The zero-order chi connectivity index (χ0) is 16.9. The average Bonchev–Trinajstić information content (AvgIpc) is 3.09. The van der Waals surface area contributed by atoms with Crippen LogP contribution in [-0.2, 0) is 11.4 Å². The third-order valence-corrected chi connectivity index (χ3v) is 5.37. The summed E-state index contributed by atoms with van der Waals surface area (Å²) in [4.78, 5) is 14.2. The minimum Gasteiger partial charge on any atom is -0.489 e. The van der Waals surface area contributed by atoms with Gasteiger partial charge in [-0.3, -0.25) is 4.79 Å². The summed E-state index contributed by atoms with van der Waals surface area (Å²) in [5, 5.41) is -0.547. The molecule has 0 spiro atoms. The Hall–Kier alpha value is -1.65. The Balaban J connectivity index is 1.79. The van der Waals surface area contributed by atoms with Gasteiger partial charge in [-0.1, -0.05) is 48.5 Å². The molecule has 1 aliphatic rings. The van der Waals surface area contributed by atoms with Crippen LogP contribution in [0.15, 0.2) is 54.6 Å². The first-order chi connectivity index (χ1) is 11.7. The van der Waals surface area contributed by atoms with E-state index in [1.165, 1.54) is 0 Å². The molecule has 0 N–H and O–H groups in total. The van der Waals surface area contributed by atoms with Crippen molar-refractivity contribution >= 4 is 29.3 Å². The number of hydrogen-bond acceptors (Lipinski definition) is 3. The summed E-state index contributed by atoms with van der Waals surface area (Å²) in [7, 11) is 0. The lowest BCUT2D eigenvalue weighted by Crippen LogP contribution is -2.35. The second-order valence-electron chi connectivity index (χ2n) is 5.68. The minimum atomic E-state index is -0.511. The molecule has 3 nitrogen and oxygen atoms in total. The van der Waals surface area contributed by atoms with E-state index in [0.29, 0.717) is 6.61 Å². The lowest BCUT2D eigenvalue weighted by Gasteiger charge is -2.26. The molecule has 24 heavy (non-hydrogen) atoms. The van der Waals surface area contributed by atoms with Gasteiger partial charge >= 0.3 is 0 Å². The van der Waals surface area contributed by atoms with Gasteiger partial charge in [0.2, 0.25) is 5.91 Å². The number of rotatable bonds is 5. The van der Waals surface area contributed by atoms with E-state index in [0.717, 1.165) is 29.2 Å². The van der Waals surface area contributed by atoms with Gasteiger partial charge in [0.15, 0.2) is 0 Å². The smallest absolute Gasteiger partial charge is 0.241 e. The number of amides is 1. The van der Waals surface area contributed by atoms with Crippen LogP contribution in [0.25, 0.3) is 0 Å². The molecule has 126 valence electrons. The van der Waals surface area contributed by atoms with E-state index in [-0.39, 0.29) is 11.3 Å². The zero-order valence-corrected chi connectivity index (χ0v) is 15.1. The SMILES string of the molecule is CC(Cl)C(=O)N1CCSC1c1ccccc1OCc1ccccc1. The monoisotopic (exact) mass is 361 g/mol. The van der Waals surface area contributed by atoms with Gasteiger partial charge < -0.3 is 9.64 Å². The molecule has 1 saturated heterocycles. The maximum absolute atomic E-state index is 12.4. The first-order valence-corrected chi connectivity index (χ1v) is 9.47. The first kappa shape index (κ1) is 17.2. The molecule has 1 heterocycles. The fourth-order valence-corrected chi connectivity index (χ4v) is 4.15. The van der Waals surface area contributed by atoms with E-state index in [1.54, 1.807) is 18.7 Å². The minimum absolute atomic E-state index is 0.0236. The van der Waals surface area contributed by atoms with Crippen molar-refractivity contribution in [3.8, 4) is 5.75 Å². The van der Waals surface area contributed by atoms with Gasteiger partial charge in [0.25, 0.3) is 0 Å². The van der Waals surface area contributed by atoms with Crippen LogP contribution < -0.4 is 4.74 Å². The Morgan fingerprint density at radius 2 is 1.96 bits per heavy atom. The van der Waals surface area contributed by atoms with E-state index >= 15 is 0 Å².